The molecule has 1 amide bonds. The third kappa shape index (κ3) is 2.99. The van der Waals surface area contributed by atoms with Gasteiger partial charge in [-0.25, -0.2) is 9.59 Å². The lowest BCUT2D eigenvalue weighted by molar-refractivity contribution is 0.0699. The van der Waals surface area contributed by atoms with E-state index in [1.807, 2.05) is 32.0 Å². The van der Waals surface area contributed by atoms with Crippen molar-refractivity contribution in [1.29, 1.82) is 0 Å². The smallest absolute Gasteiger partial charge is 0.346 e. The zero-order chi connectivity index (χ0) is 19.0. The number of hydrogen-bond donors (Lipinski definition) is 2. The van der Waals surface area contributed by atoms with Gasteiger partial charge in [0.1, 0.15) is 0 Å². The topological polar surface area (TPSA) is 95.4 Å². The van der Waals surface area contributed by atoms with Crippen LogP contribution in [0.3, 0.4) is 0 Å². The zero-order valence-corrected chi connectivity index (χ0v) is 14.7. The molecule has 0 atom stereocenters. The maximum absolute atomic E-state index is 12.7. The fourth-order valence-corrected chi connectivity index (χ4v) is 2.99. The van der Waals surface area contributed by atoms with Crippen LogP contribution in [0.15, 0.2) is 41.2 Å². The molecule has 134 valence electrons. The van der Waals surface area contributed by atoms with Crippen molar-refractivity contribution in [2.45, 2.75) is 20.4 Å². The van der Waals surface area contributed by atoms with E-state index >= 15 is 0 Å². The van der Waals surface area contributed by atoms with Gasteiger partial charge in [-0.15, -0.1) is 0 Å². The highest BCUT2D eigenvalue weighted by Gasteiger charge is 2.21. The van der Waals surface area contributed by atoms with Crippen LogP contribution >= 0.6 is 0 Å². The van der Waals surface area contributed by atoms with E-state index in [2.05, 4.69) is 5.10 Å². The van der Waals surface area contributed by atoms with E-state index in [4.69, 9.17) is 0 Å². The van der Waals surface area contributed by atoms with Crippen LogP contribution in [0.4, 0.5) is 4.79 Å². The standard InChI is InChI=1S/C19H19N3O4/c1-11-7-8-13(12(2)9-11)10-21(3)19(26)22-17(23)16-14(18(24)25)5-4-6-15(16)20-22/h4-9,20H,10H2,1-3H3,(H,24,25). The van der Waals surface area contributed by atoms with E-state index in [1.165, 1.54) is 17.0 Å². The summed E-state index contributed by atoms with van der Waals surface area (Å²) in [6.45, 7) is 4.29. The molecule has 0 saturated carbocycles. The number of carboxylic acids is 1. The molecule has 1 heterocycles. The van der Waals surface area contributed by atoms with Crippen LogP contribution in [0.25, 0.3) is 10.9 Å². The summed E-state index contributed by atoms with van der Waals surface area (Å²) >= 11 is 0. The SMILES string of the molecule is Cc1ccc(CN(C)C(=O)n2[nH]c3cccc(C(=O)O)c3c2=O)c(C)c1. The summed E-state index contributed by atoms with van der Waals surface area (Å²) in [5, 5.41) is 11.9. The zero-order valence-electron chi connectivity index (χ0n) is 14.7. The highest BCUT2D eigenvalue weighted by Crippen LogP contribution is 2.15. The second kappa shape index (κ2) is 6.51. The first-order valence-corrected chi connectivity index (χ1v) is 8.08. The molecule has 0 radical (unpaired) electrons. The number of aryl methyl sites for hydroxylation is 2. The molecule has 7 nitrogen and oxygen atoms in total. The molecular formula is C19H19N3O4. The molecule has 0 fully saturated rings. The Balaban J connectivity index is 1.97. The average molecular weight is 353 g/mol. The summed E-state index contributed by atoms with van der Waals surface area (Å²) in [4.78, 5) is 38.0. The first-order valence-electron chi connectivity index (χ1n) is 8.08. The number of nitrogens with one attached hydrogen (secondary N) is 1. The van der Waals surface area contributed by atoms with Gasteiger partial charge in [0, 0.05) is 13.6 Å². The number of hydrogen-bond acceptors (Lipinski definition) is 3. The normalized spacial score (nSPS) is 10.9. The van der Waals surface area contributed by atoms with Crippen LogP contribution in [0.1, 0.15) is 27.0 Å². The number of carboxylic acid groups (broad SMARTS) is 1. The number of amides is 1. The van der Waals surface area contributed by atoms with Crippen molar-refractivity contribution in [3.05, 3.63) is 69.0 Å². The molecule has 7 heteroatoms. The molecule has 0 aliphatic carbocycles. The minimum Gasteiger partial charge on any atom is -0.478 e. The second-order valence-corrected chi connectivity index (χ2v) is 6.35. The molecule has 0 aliphatic rings. The summed E-state index contributed by atoms with van der Waals surface area (Å²) in [6, 6.07) is 9.82. The molecule has 26 heavy (non-hydrogen) atoms. The first-order chi connectivity index (χ1) is 12.3. The van der Waals surface area contributed by atoms with E-state index in [0.717, 1.165) is 21.4 Å². The lowest BCUT2D eigenvalue weighted by Crippen LogP contribution is -2.36. The quantitative estimate of drug-likeness (QED) is 0.757. The summed E-state index contributed by atoms with van der Waals surface area (Å²) in [5.74, 6) is -1.21. The Labute approximate surface area is 149 Å². The van der Waals surface area contributed by atoms with Crippen LogP contribution in [0.2, 0.25) is 0 Å². The fraction of sp³-hybridized carbons (Fsp3) is 0.211. The molecule has 0 spiro atoms. The fourth-order valence-electron chi connectivity index (χ4n) is 2.99. The molecule has 3 aromatic rings. The summed E-state index contributed by atoms with van der Waals surface area (Å²) in [5.41, 5.74) is 2.67. The van der Waals surface area contributed by atoms with Crippen molar-refractivity contribution in [1.82, 2.24) is 14.7 Å². The molecule has 2 aromatic carbocycles. The number of aromatic nitrogens is 2. The molecule has 0 aliphatic heterocycles. The maximum Gasteiger partial charge on any atom is 0.346 e. The van der Waals surface area contributed by atoms with E-state index in [9.17, 15) is 19.5 Å². The molecule has 1 aromatic heterocycles. The van der Waals surface area contributed by atoms with Crippen molar-refractivity contribution in [3.63, 3.8) is 0 Å². The van der Waals surface area contributed by atoms with Crippen LogP contribution in [-0.2, 0) is 6.54 Å². The van der Waals surface area contributed by atoms with Gasteiger partial charge in [0.05, 0.1) is 16.5 Å². The van der Waals surface area contributed by atoms with Crippen LogP contribution in [0.5, 0.6) is 0 Å². The number of aromatic carboxylic acids is 1. The predicted molar refractivity (Wildman–Crippen MR) is 97.7 cm³/mol. The van der Waals surface area contributed by atoms with Crippen molar-refractivity contribution in [3.8, 4) is 0 Å². The average Bonchev–Trinajstić information content (AvgIpc) is 2.93. The molecule has 0 bridgehead atoms. The Morgan fingerprint density at radius 2 is 1.92 bits per heavy atom. The molecule has 2 N–H and O–H groups in total. The van der Waals surface area contributed by atoms with Gasteiger partial charge in [0.2, 0.25) is 0 Å². The monoisotopic (exact) mass is 353 g/mol. The number of H-pyrrole nitrogens is 1. The highest BCUT2D eigenvalue weighted by atomic mass is 16.4. The Kier molecular flexibility index (Phi) is 4.38. The van der Waals surface area contributed by atoms with Crippen LogP contribution in [-0.4, -0.2) is 38.8 Å². The highest BCUT2D eigenvalue weighted by molar-refractivity contribution is 6.03. The van der Waals surface area contributed by atoms with Gasteiger partial charge in [-0.1, -0.05) is 29.8 Å². The Bertz CT molecular complexity index is 1080. The summed E-state index contributed by atoms with van der Waals surface area (Å²) < 4.78 is 0.848. The van der Waals surface area contributed by atoms with Crippen LogP contribution < -0.4 is 5.56 Å². The Morgan fingerprint density at radius 3 is 2.58 bits per heavy atom. The van der Waals surface area contributed by atoms with Crippen LogP contribution in [0, 0.1) is 13.8 Å². The number of fused-ring (bicyclic) bond motifs is 1. The molecular weight excluding hydrogens is 334 g/mol. The van der Waals surface area contributed by atoms with Crippen molar-refractivity contribution < 1.29 is 14.7 Å². The third-order valence-electron chi connectivity index (χ3n) is 4.37. The third-order valence-corrected chi connectivity index (χ3v) is 4.37. The summed E-state index contributed by atoms with van der Waals surface area (Å²) in [6.07, 6.45) is 0. The minimum atomic E-state index is -1.21. The van der Waals surface area contributed by atoms with E-state index in [1.54, 1.807) is 13.1 Å². The number of rotatable bonds is 3. The minimum absolute atomic E-state index is 0.00623. The first kappa shape index (κ1) is 17.5. The number of benzene rings is 2. The van der Waals surface area contributed by atoms with Crippen molar-refractivity contribution in [2.75, 3.05) is 7.05 Å². The van der Waals surface area contributed by atoms with Gasteiger partial charge in [-0.2, -0.15) is 4.68 Å². The van der Waals surface area contributed by atoms with E-state index in [0.29, 0.717) is 12.1 Å². The van der Waals surface area contributed by atoms with Gasteiger partial charge in [-0.05, 0) is 37.1 Å². The largest absolute Gasteiger partial charge is 0.478 e. The van der Waals surface area contributed by atoms with Gasteiger partial charge in [-0.3, -0.25) is 9.89 Å². The molecule has 0 saturated heterocycles. The van der Waals surface area contributed by atoms with Gasteiger partial charge < -0.3 is 10.0 Å². The lowest BCUT2D eigenvalue weighted by atomic mass is 10.1. The van der Waals surface area contributed by atoms with E-state index in [-0.39, 0.29) is 10.9 Å². The number of carbonyl (C=O) groups excluding carboxylic acids is 1. The molecule has 0 unspecified atom stereocenters. The lowest BCUT2D eigenvalue weighted by Gasteiger charge is -2.18. The Hall–Kier alpha value is -3.35. The van der Waals surface area contributed by atoms with Gasteiger partial charge >= 0.3 is 12.0 Å². The van der Waals surface area contributed by atoms with Crippen molar-refractivity contribution in [2.24, 2.45) is 0 Å². The maximum atomic E-state index is 12.7. The van der Waals surface area contributed by atoms with Gasteiger partial charge in [0.15, 0.2) is 0 Å². The van der Waals surface area contributed by atoms with Gasteiger partial charge in [0.25, 0.3) is 5.56 Å². The van der Waals surface area contributed by atoms with Crippen molar-refractivity contribution >= 4 is 22.9 Å². The molecule has 3 rings (SSSR count). The van der Waals surface area contributed by atoms with E-state index < -0.39 is 17.6 Å². The Morgan fingerprint density at radius 1 is 1.19 bits per heavy atom. The number of nitrogens with zero attached hydrogens (tertiary/aromatic N) is 2. The summed E-state index contributed by atoms with van der Waals surface area (Å²) in [7, 11) is 1.59. The number of aromatic amines is 1. The predicted octanol–water partition coefficient (Wildman–Crippen LogP) is 2.74. The second-order valence-electron chi connectivity index (χ2n) is 6.35. The number of carbonyl (C=O) groups is 2.